The number of nitrogens with one attached hydrogen (secondary N) is 1. The molecule has 2 aromatic carbocycles. The van der Waals surface area contributed by atoms with Crippen LogP contribution in [0, 0.1) is 3.57 Å². The number of benzene rings is 2. The summed E-state index contributed by atoms with van der Waals surface area (Å²) in [4.78, 5) is 26.2. The normalized spacial score (nSPS) is 14.7. The van der Waals surface area contributed by atoms with Crippen LogP contribution >= 0.6 is 34.2 Å². The van der Waals surface area contributed by atoms with Crippen molar-refractivity contribution in [3.8, 4) is 0 Å². The summed E-state index contributed by atoms with van der Waals surface area (Å²) in [5, 5.41) is 2.88. The maximum atomic E-state index is 12.7. The predicted octanol–water partition coefficient (Wildman–Crippen LogP) is 4.85. The maximum Gasteiger partial charge on any atom is 0.283 e. The third-order valence-corrected chi connectivity index (χ3v) is 5.03. The van der Waals surface area contributed by atoms with E-state index in [0.717, 1.165) is 8.47 Å². The van der Waals surface area contributed by atoms with Crippen molar-refractivity contribution in [2.75, 3.05) is 10.2 Å². The van der Waals surface area contributed by atoms with Crippen molar-refractivity contribution in [1.29, 1.82) is 0 Å². The van der Waals surface area contributed by atoms with Crippen LogP contribution in [0.4, 0.5) is 11.4 Å². The summed E-state index contributed by atoms with van der Waals surface area (Å²) in [5.41, 5.74) is 2.51. The number of halogens is 2. The highest BCUT2D eigenvalue weighted by molar-refractivity contribution is 14.1. The Morgan fingerprint density at radius 1 is 0.960 bits per heavy atom. The van der Waals surface area contributed by atoms with Gasteiger partial charge in [0.1, 0.15) is 10.7 Å². The average molecular weight is 467 g/mol. The molecule has 0 bridgehead atoms. The van der Waals surface area contributed by atoms with E-state index in [9.17, 15) is 9.59 Å². The van der Waals surface area contributed by atoms with Gasteiger partial charge < -0.3 is 5.32 Å². The minimum atomic E-state index is -0.519. The number of anilines is 2. The maximum absolute atomic E-state index is 12.7. The highest BCUT2D eigenvalue weighted by Crippen LogP contribution is 2.30. The standard InChI is InChI=1S/C19H16ClIN2O2/c1-11(2)12-3-7-14(8-4-12)22-17-16(20)18(24)23(19(17)25)15-9-5-13(21)6-10-15/h3-11,22H,1-2H3. The van der Waals surface area contributed by atoms with Crippen LogP contribution in [-0.4, -0.2) is 11.8 Å². The fraction of sp³-hybridized carbons (Fsp3) is 0.158. The van der Waals surface area contributed by atoms with Crippen molar-refractivity contribution in [3.05, 3.63) is 68.4 Å². The number of carbonyl (C=O) groups excluding carboxylic acids is 2. The van der Waals surface area contributed by atoms with E-state index in [4.69, 9.17) is 11.6 Å². The summed E-state index contributed by atoms with van der Waals surface area (Å²) in [6.07, 6.45) is 0. The van der Waals surface area contributed by atoms with Gasteiger partial charge in [0.2, 0.25) is 0 Å². The van der Waals surface area contributed by atoms with Gasteiger partial charge in [0.05, 0.1) is 5.69 Å². The summed E-state index contributed by atoms with van der Waals surface area (Å²) < 4.78 is 1.02. The van der Waals surface area contributed by atoms with E-state index in [1.807, 2.05) is 36.4 Å². The number of hydrogen-bond acceptors (Lipinski definition) is 3. The fourth-order valence-corrected chi connectivity index (χ4v) is 3.10. The molecular formula is C19H16ClIN2O2. The van der Waals surface area contributed by atoms with Gasteiger partial charge in [-0.25, -0.2) is 4.90 Å². The van der Waals surface area contributed by atoms with Crippen LogP contribution in [0.3, 0.4) is 0 Å². The molecule has 25 heavy (non-hydrogen) atoms. The number of rotatable bonds is 4. The molecule has 1 heterocycles. The molecule has 1 N–H and O–H groups in total. The Balaban J connectivity index is 1.85. The van der Waals surface area contributed by atoms with E-state index < -0.39 is 11.8 Å². The lowest BCUT2D eigenvalue weighted by Crippen LogP contribution is -2.32. The van der Waals surface area contributed by atoms with E-state index in [0.29, 0.717) is 17.3 Å². The number of amides is 2. The average Bonchev–Trinajstić information content (AvgIpc) is 2.80. The Hall–Kier alpha value is -1.86. The molecule has 0 saturated carbocycles. The summed E-state index contributed by atoms with van der Waals surface area (Å²) in [6, 6.07) is 14.8. The molecule has 3 rings (SSSR count). The molecule has 0 aliphatic carbocycles. The van der Waals surface area contributed by atoms with Crippen LogP contribution in [0.5, 0.6) is 0 Å². The first-order valence-corrected chi connectivity index (χ1v) is 9.25. The molecule has 0 saturated heterocycles. The molecular weight excluding hydrogens is 451 g/mol. The molecule has 0 fully saturated rings. The monoisotopic (exact) mass is 466 g/mol. The van der Waals surface area contributed by atoms with Gasteiger partial charge in [-0.05, 0) is 70.5 Å². The second-order valence-corrected chi connectivity index (χ2v) is 7.64. The lowest BCUT2D eigenvalue weighted by Gasteiger charge is -2.15. The van der Waals surface area contributed by atoms with Gasteiger partial charge in [-0.3, -0.25) is 9.59 Å². The molecule has 0 aromatic heterocycles. The third-order valence-electron chi connectivity index (χ3n) is 3.96. The van der Waals surface area contributed by atoms with E-state index in [-0.39, 0.29) is 10.7 Å². The van der Waals surface area contributed by atoms with Crippen LogP contribution in [-0.2, 0) is 9.59 Å². The summed E-state index contributed by atoms with van der Waals surface area (Å²) >= 11 is 8.30. The number of imide groups is 1. The largest absolute Gasteiger partial charge is 0.350 e. The van der Waals surface area contributed by atoms with Crippen molar-refractivity contribution >= 4 is 57.4 Å². The molecule has 4 nitrogen and oxygen atoms in total. The van der Waals surface area contributed by atoms with Crippen LogP contribution < -0.4 is 10.2 Å². The first-order valence-electron chi connectivity index (χ1n) is 7.79. The fourth-order valence-electron chi connectivity index (χ4n) is 2.53. The second kappa shape index (κ2) is 7.17. The van der Waals surface area contributed by atoms with Crippen molar-refractivity contribution in [2.45, 2.75) is 19.8 Å². The Labute approximate surface area is 165 Å². The minimum absolute atomic E-state index is 0.0995. The topological polar surface area (TPSA) is 49.4 Å². The van der Waals surface area contributed by atoms with Crippen LogP contribution in [0.2, 0.25) is 0 Å². The molecule has 0 radical (unpaired) electrons. The van der Waals surface area contributed by atoms with Gasteiger partial charge in [0.25, 0.3) is 11.8 Å². The van der Waals surface area contributed by atoms with Gasteiger partial charge in [0.15, 0.2) is 0 Å². The first-order chi connectivity index (χ1) is 11.9. The SMILES string of the molecule is CC(C)c1ccc(NC2=C(Cl)C(=O)N(c3ccc(I)cc3)C2=O)cc1. The summed E-state index contributed by atoms with van der Waals surface area (Å²) in [7, 11) is 0. The molecule has 1 aliphatic heterocycles. The van der Waals surface area contributed by atoms with E-state index in [2.05, 4.69) is 41.8 Å². The van der Waals surface area contributed by atoms with Gasteiger partial charge >= 0.3 is 0 Å². The van der Waals surface area contributed by atoms with Gasteiger partial charge in [-0.2, -0.15) is 0 Å². The zero-order valence-electron chi connectivity index (χ0n) is 13.7. The highest BCUT2D eigenvalue weighted by atomic mass is 127. The number of hydrogen-bond donors (Lipinski definition) is 1. The molecule has 0 spiro atoms. The molecule has 0 atom stereocenters. The lowest BCUT2D eigenvalue weighted by atomic mass is 10.0. The van der Waals surface area contributed by atoms with Crippen molar-refractivity contribution in [3.63, 3.8) is 0 Å². The Kier molecular flexibility index (Phi) is 5.15. The first kappa shape index (κ1) is 17.9. The van der Waals surface area contributed by atoms with E-state index in [1.165, 1.54) is 5.56 Å². The zero-order chi connectivity index (χ0) is 18.1. The van der Waals surface area contributed by atoms with E-state index >= 15 is 0 Å². The van der Waals surface area contributed by atoms with E-state index in [1.54, 1.807) is 12.1 Å². The van der Waals surface area contributed by atoms with Crippen LogP contribution in [0.15, 0.2) is 59.3 Å². The third kappa shape index (κ3) is 3.57. The van der Waals surface area contributed by atoms with Crippen molar-refractivity contribution < 1.29 is 9.59 Å². The van der Waals surface area contributed by atoms with Crippen LogP contribution in [0.25, 0.3) is 0 Å². The minimum Gasteiger partial charge on any atom is -0.350 e. The molecule has 0 unspecified atom stereocenters. The Bertz CT molecular complexity index is 858. The van der Waals surface area contributed by atoms with Gasteiger partial charge in [-0.15, -0.1) is 0 Å². The van der Waals surface area contributed by atoms with Crippen LogP contribution in [0.1, 0.15) is 25.3 Å². The molecule has 6 heteroatoms. The second-order valence-electron chi connectivity index (χ2n) is 6.01. The van der Waals surface area contributed by atoms with Crippen molar-refractivity contribution in [1.82, 2.24) is 0 Å². The molecule has 128 valence electrons. The Morgan fingerprint density at radius 2 is 1.56 bits per heavy atom. The quantitative estimate of drug-likeness (QED) is 0.518. The van der Waals surface area contributed by atoms with Gasteiger partial charge in [-0.1, -0.05) is 37.6 Å². The molecule has 2 aromatic rings. The molecule has 1 aliphatic rings. The zero-order valence-corrected chi connectivity index (χ0v) is 16.6. The lowest BCUT2D eigenvalue weighted by molar-refractivity contribution is -0.120. The predicted molar refractivity (Wildman–Crippen MR) is 109 cm³/mol. The molecule has 2 amide bonds. The summed E-state index contributed by atoms with van der Waals surface area (Å²) in [6.45, 7) is 4.22. The van der Waals surface area contributed by atoms with Crippen molar-refractivity contribution in [2.24, 2.45) is 0 Å². The smallest absolute Gasteiger partial charge is 0.283 e. The van der Waals surface area contributed by atoms with Gasteiger partial charge in [0, 0.05) is 9.26 Å². The number of nitrogens with zero attached hydrogens (tertiary/aromatic N) is 1. The Morgan fingerprint density at radius 3 is 2.12 bits per heavy atom. The highest BCUT2D eigenvalue weighted by Gasteiger charge is 2.38. The number of carbonyl (C=O) groups is 2. The summed E-state index contributed by atoms with van der Waals surface area (Å²) in [5.74, 6) is -0.554.